The summed E-state index contributed by atoms with van der Waals surface area (Å²) in [6.45, 7) is 9.10. The summed E-state index contributed by atoms with van der Waals surface area (Å²) in [6.07, 6.45) is 6.63. The third kappa shape index (κ3) is 3.90. The SMILES string of the molecule is CCc1nccc(CN2CCC3(CC2)CN(C)CCCN3C)n1. The Labute approximate surface area is 140 Å². The molecule has 3 heterocycles. The van der Waals surface area contributed by atoms with Gasteiger partial charge in [-0.25, -0.2) is 9.97 Å². The smallest absolute Gasteiger partial charge is 0.128 e. The molecule has 1 spiro atoms. The molecule has 0 radical (unpaired) electrons. The first-order chi connectivity index (χ1) is 11.1. The number of nitrogens with zero attached hydrogens (tertiary/aromatic N) is 5. The fourth-order valence-corrected chi connectivity index (χ4v) is 4.11. The second-order valence-electron chi connectivity index (χ2n) is 7.33. The van der Waals surface area contributed by atoms with Crippen LogP contribution in [-0.4, -0.2) is 77.0 Å². The number of piperidine rings is 1. The van der Waals surface area contributed by atoms with Gasteiger partial charge in [0.05, 0.1) is 5.69 Å². The van der Waals surface area contributed by atoms with Crippen molar-refractivity contribution in [1.29, 1.82) is 0 Å². The third-order valence-corrected chi connectivity index (χ3v) is 5.66. The average Bonchev–Trinajstić information content (AvgIpc) is 2.69. The lowest BCUT2D eigenvalue weighted by molar-refractivity contribution is 0.0292. The van der Waals surface area contributed by atoms with Crippen LogP contribution in [0.5, 0.6) is 0 Å². The summed E-state index contributed by atoms with van der Waals surface area (Å²) in [6, 6.07) is 2.06. The Balaban J connectivity index is 1.61. The van der Waals surface area contributed by atoms with E-state index in [1.54, 1.807) is 0 Å². The van der Waals surface area contributed by atoms with Crippen molar-refractivity contribution in [2.24, 2.45) is 0 Å². The van der Waals surface area contributed by atoms with Crippen molar-refractivity contribution >= 4 is 0 Å². The van der Waals surface area contributed by atoms with E-state index in [1.165, 1.54) is 57.7 Å². The maximum atomic E-state index is 4.66. The second kappa shape index (κ2) is 7.24. The molecule has 0 aliphatic carbocycles. The maximum absolute atomic E-state index is 4.66. The summed E-state index contributed by atoms with van der Waals surface area (Å²) < 4.78 is 0. The van der Waals surface area contributed by atoms with Gasteiger partial charge in [-0.1, -0.05) is 6.92 Å². The molecule has 2 aliphatic rings. The molecule has 0 aromatic carbocycles. The zero-order chi connectivity index (χ0) is 16.3. The molecule has 2 saturated heterocycles. The van der Waals surface area contributed by atoms with Crippen molar-refractivity contribution in [1.82, 2.24) is 24.7 Å². The highest BCUT2D eigenvalue weighted by molar-refractivity contribution is 5.04. The van der Waals surface area contributed by atoms with Crippen LogP contribution in [0.3, 0.4) is 0 Å². The van der Waals surface area contributed by atoms with Crippen LogP contribution in [0.2, 0.25) is 0 Å². The zero-order valence-corrected chi connectivity index (χ0v) is 15.0. The van der Waals surface area contributed by atoms with Crippen LogP contribution in [0, 0.1) is 0 Å². The van der Waals surface area contributed by atoms with Gasteiger partial charge in [0.15, 0.2) is 0 Å². The van der Waals surface area contributed by atoms with Gasteiger partial charge in [0, 0.05) is 44.3 Å². The first-order valence-electron chi connectivity index (χ1n) is 9.04. The third-order valence-electron chi connectivity index (χ3n) is 5.66. The summed E-state index contributed by atoms with van der Waals surface area (Å²) in [5.41, 5.74) is 1.54. The minimum atomic E-state index is 0.377. The number of hydrogen-bond donors (Lipinski definition) is 0. The standard InChI is InChI=1S/C18H31N5/c1-4-17-19-9-6-16(20-17)14-23-12-7-18(8-13-23)15-21(2)10-5-11-22(18)3/h6,9H,4-5,7-8,10-15H2,1-3H3. The zero-order valence-electron chi connectivity index (χ0n) is 15.0. The summed E-state index contributed by atoms with van der Waals surface area (Å²) in [5.74, 6) is 0.959. The molecule has 0 N–H and O–H groups in total. The molecule has 23 heavy (non-hydrogen) atoms. The van der Waals surface area contributed by atoms with Crippen molar-refractivity contribution in [3.05, 3.63) is 23.8 Å². The van der Waals surface area contributed by atoms with Crippen LogP contribution in [-0.2, 0) is 13.0 Å². The number of likely N-dealkylation sites (tertiary alicyclic amines) is 1. The van der Waals surface area contributed by atoms with Crippen molar-refractivity contribution in [2.75, 3.05) is 46.8 Å². The van der Waals surface area contributed by atoms with Crippen LogP contribution in [0.1, 0.15) is 37.7 Å². The molecule has 2 aliphatic heterocycles. The van der Waals surface area contributed by atoms with Crippen molar-refractivity contribution in [2.45, 2.75) is 44.7 Å². The van der Waals surface area contributed by atoms with Gasteiger partial charge in [-0.3, -0.25) is 9.80 Å². The number of hydrogen-bond acceptors (Lipinski definition) is 5. The van der Waals surface area contributed by atoms with Crippen LogP contribution >= 0.6 is 0 Å². The van der Waals surface area contributed by atoms with Gasteiger partial charge in [0.25, 0.3) is 0 Å². The summed E-state index contributed by atoms with van der Waals surface area (Å²) in [5, 5.41) is 0. The Morgan fingerprint density at radius 1 is 1.13 bits per heavy atom. The predicted octanol–water partition coefficient (Wildman–Crippen LogP) is 1.64. The molecular weight excluding hydrogens is 286 g/mol. The van der Waals surface area contributed by atoms with Gasteiger partial charge < -0.3 is 4.90 Å². The van der Waals surface area contributed by atoms with Gasteiger partial charge in [0.2, 0.25) is 0 Å². The molecule has 0 saturated carbocycles. The molecule has 2 fully saturated rings. The normalized spacial score (nSPS) is 24.0. The van der Waals surface area contributed by atoms with E-state index in [-0.39, 0.29) is 0 Å². The highest BCUT2D eigenvalue weighted by Crippen LogP contribution is 2.31. The second-order valence-corrected chi connectivity index (χ2v) is 7.33. The van der Waals surface area contributed by atoms with E-state index in [0.717, 1.165) is 18.8 Å². The van der Waals surface area contributed by atoms with E-state index in [4.69, 9.17) is 0 Å². The number of aryl methyl sites for hydroxylation is 1. The maximum Gasteiger partial charge on any atom is 0.128 e. The highest BCUT2D eigenvalue weighted by Gasteiger charge is 2.39. The Kier molecular flexibility index (Phi) is 5.29. The largest absolute Gasteiger partial charge is 0.304 e. The number of rotatable bonds is 3. The van der Waals surface area contributed by atoms with Gasteiger partial charge >= 0.3 is 0 Å². The summed E-state index contributed by atoms with van der Waals surface area (Å²) >= 11 is 0. The fourth-order valence-electron chi connectivity index (χ4n) is 4.11. The first-order valence-corrected chi connectivity index (χ1v) is 9.04. The van der Waals surface area contributed by atoms with Crippen LogP contribution in [0.4, 0.5) is 0 Å². The summed E-state index contributed by atoms with van der Waals surface area (Å²) in [7, 11) is 4.60. The van der Waals surface area contributed by atoms with Crippen LogP contribution in [0.25, 0.3) is 0 Å². The van der Waals surface area contributed by atoms with Gasteiger partial charge in [0.1, 0.15) is 5.82 Å². The molecular formula is C18H31N5. The Hall–Kier alpha value is -1.04. The predicted molar refractivity (Wildman–Crippen MR) is 93.4 cm³/mol. The van der Waals surface area contributed by atoms with Crippen molar-refractivity contribution in [3.8, 4) is 0 Å². The van der Waals surface area contributed by atoms with E-state index in [0.29, 0.717) is 5.54 Å². The molecule has 128 valence electrons. The topological polar surface area (TPSA) is 35.5 Å². The molecule has 0 amide bonds. The Morgan fingerprint density at radius 3 is 2.65 bits per heavy atom. The lowest BCUT2D eigenvalue weighted by Gasteiger charge is -2.47. The van der Waals surface area contributed by atoms with Crippen LogP contribution in [0.15, 0.2) is 12.3 Å². The van der Waals surface area contributed by atoms with E-state index < -0.39 is 0 Å². The Bertz CT molecular complexity index is 510. The Morgan fingerprint density at radius 2 is 1.91 bits per heavy atom. The fraction of sp³-hybridized carbons (Fsp3) is 0.778. The molecule has 0 unspecified atom stereocenters. The molecule has 5 heteroatoms. The molecule has 0 bridgehead atoms. The summed E-state index contributed by atoms with van der Waals surface area (Å²) in [4.78, 5) is 16.7. The van der Waals surface area contributed by atoms with Gasteiger partial charge in [-0.15, -0.1) is 0 Å². The molecule has 1 aromatic heterocycles. The van der Waals surface area contributed by atoms with Gasteiger partial charge in [-0.2, -0.15) is 0 Å². The lowest BCUT2D eigenvalue weighted by Crippen LogP contribution is -2.57. The van der Waals surface area contributed by atoms with Gasteiger partial charge in [-0.05, 0) is 52.5 Å². The number of likely N-dealkylation sites (N-methyl/N-ethyl adjacent to an activating group) is 2. The molecule has 5 nitrogen and oxygen atoms in total. The minimum absolute atomic E-state index is 0.377. The van der Waals surface area contributed by atoms with Crippen molar-refractivity contribution < 1.29 is 0 Å². The van der Waals surface area contributed by atoms with E-state index in [2.05, 4.69) is 51.8 Å². The van der Waals surface area contributed by atoms with E-state index in [9.17, 15) is 0 Å². The van der Waals surface area contributed by atoms with Crippen LogP contribution < -0.4 is 0 Å². The minimum Gasteiger partial charge on any atom is -0.304 e. The van der Waals surface area contributed by atoms with Crippen molar-refractivity contribution in [3.63, 3.8) is 0 Å². The molecule has 1 aromatic rings. The molecule has 3 rings (SSSR count). The number of aromatic nitrogens is 2. The van der Waals surface area contributed by atoms with E-state index in [1.807, 2.05) is 6.20 Å². The average molecular weight is 317 g/mol. The van der Waals surface area contributed by atoms with E-state index >= 15 is 0 Å². The lowest BCUT2D eigenvalue weighted by atomic mass is 9.85. The monoisotopic (exact) mass is 317 g/mol. The highest BCUT2D eigenvalue weighted by atomic mass is 15.3. The first kappa shape index (κ1) is 16.8. The molecule has 0 atom stereocenters. The quantitative estimate of drug-likeness (QED) is 0.847.